The van der Waals surface area contributed by atoms with E-state index in [9.17, 15) is 4.79 Å². The van der Waals surface area contributed by atoms with Gasteiger partial charge in [-0.2, -0.15) is 0 Å². The van der Waals surface area contributed by atoms with Crippen molar-refractivity contribution in [3.8, 4) is 11.5 Å². The van der Waals surface area contributed by atoms with Crippen molar-refractivity contribution in [3.63, 3.8) is 0 Å². The Morgan fingerprint density at radius 3 is 2.78 bits per heavy atom. The fraction of sp³-hybridized carbons (Fsp3) is 0.516. The van der Waals surface area contributed by atoms with Crippen LogP contribution >= 0.6 is 0 Å². The van der Waals surface area contributed by atoms with Crippen LogP contribution in [0.2, 0.25) is 0 Å². The molecule has 4 atom stereocenters. The van der Waals surface area contributed by atoms with Crippen molar-refractivity contribution in [2.45, 2.75) is 68.1 Å². The van der Waals surface area contributed by atoms with Crippen LogP contribution in [0.25, 0.3) is 0 Å². The number of carbonyl (C=O) groups is 1. The number of methoxy groups -OCH3 is 1. The van der Waals surface area contributed by atoms with Crippen molar-refractivity contribution in [2.75, 3.05) is 26.8 Å². The SMILES string of the molecule is COc1ccc2c3c1O[C@H]1C(=O)C=C[C@@]4(OCCCc5ccccc5)[C@@H](C2)N(CC2CCC2)CC[C@]314. The molecule has 1 spiro atoms. The van der Waals surface area contributed by atoms with Crippen molar-refractivity contribution in [2.24, 2.45) is 5.92 Å². The number of hydrogen-bond donors (Lipinski definition) is 0. The summed E-state index contributed by atoms with van der Waals surface area (Å²) < 4.78 is 19.4. The standard InChI is InChI=1S/C31H35NO4/c1-34-25-13-12-23-19-26-31(35-18-6-11-21-7-3-2-4-8-21)15-14-24(33)29-30(31,27(23)28(25)36-29)16-17-32(26)20-22-9-5-10-22/h2-4,7-8,12-15,22,26,29H,5-6,9-11,16-20H2,1H3/t26-,29+,30+,31-/m1/s1. The summed E-state index contributed by atoms with van der Waals surface area (Å²) in [6, 6.07) is 15.0. The van der Waals surface area contributed by atoms with E-state index in [-0.39, 0.29) is 11.8 Å². The number of benzene rings is 2. The first-order valence-corrected chi connectivity index (χ1v) is 13.7. The molecule has 2 aromatic rings. The number of ether oxygens (including phenoxy) is 3. The molecule has 2 fully saturated rings. The molecule has 7 rings (SSSR count). The molecule has 0 unspecified atom stereocenters. The van der Waals surface area contributed by atoms with E-state index in [4.69, 9.17) is 14.2 Å². The Morgan fingerprint density at radius 2 is 2.00 bits per heavy atom. The maximum Gasteiger partial charge on any atom is 0.196 e. The van der Waals surface area contributed by atoms with Crippen LogP contribution in [-0.2, 0) is 27.8 Å². The lowest BCUT2D eigenvalue weighted by molar-refractivity contribution is -0.179. The topological polar surface area (TPSA) is 48.0 Å². The highest BCUT2D eigenvalue weighted by Gasteiger charge is 2.73. The number of likely N-dealkylation sites (tertiary alicyclic amines) is 1. The minimum absolute atomic E-state index is 0.0517. The van der Waals surface area contributed by atoms with Crippen LogP contribution in [0, 0.1) is 5.92 Å². The smallest absolute Gasteiger partial charge is 0.196 e. The number of carbonyl (C=O) groups excluding carboxylic acids is 1. The second-order valence-electron chi connectivity index (χ2n) is 11.3. The predicted octanol–water partition coefficient (Wildman–Crippen LogP) is 4.65. The van der Waals surface area contributed by atoms with Gasteiger partial charge in [-0.05, 0) is 80.3 Å². The molecule has 5 nitrogen and oxygen atoms in total. The molecule has 0 aromatic heterocycles. The number of piperidine rings is 1. The third-order valence-electron chi connectivity index (χ3n) is 9.66. The number of aryl methyl sites for hydroxylation is 1. The average molecular weight is 486 g/mol. The van der Waals surface area contributed by atoms with E-state index in [0.29, 0.717) is 6.61 Å². The maximum absolute atomic E-state index is 13.4. The first-order chi connectivity index (χ1) is 17.7. The van der Waals surface area contributed by atoms with Crippen LogP contribution in [0.3, 0.4) is 0 Å². The Morgan fingerprint density at radius 1 is 1.14 bits per heavy atom. The van der Waals surface area contributed by atoms with Gasteiger partial charge in [-0.1, -0.05) is 42.8 Å². The van der Waals surface area contributed by atoms with Crippen molar-refractivity contribution in [1.29, 1.82) is 0 Å². The highest BCUT2D eigenvalue weighted by atomic mass is 16.5. The van der Waals surface area contributed by atoms with Gasteiger partial charge in [0.25, 0.3) is 0 Å². The van der Waals surface area contributed by atoms with Gasteiger partial charge in [0.2, 0.25) is 0 Å². The van der Waals surface area contributed by atoms with Crippen LogP contribution in [-0.4, -0.2) is 55.2 Å². The van der Waals surface area contributed by atoms with E-state index < -0.39 is 17.1 Å². The van der Waals surface area contributed by atoms with E-state index in [1.165, 1.54) is 36.0 Å². The van der Waals surface area contributed by atoms with Crippen molar-refractivity contribution >= 4 is 5.78 Å². The van der Waals surface area contributed by atoms with Crippen LogP contribution in [0.15, 0.2) is 54.6 Å². The lowest BCUT2D eigenvalue weighted by Gasteiger charge is -2.63. The quantitative estimate of drug-likeness (QED) is 0.510. The summed E-state index contributed by atoms with van der Waals surface area (Å²) in [5.74, 6) is 2.32. The van der Waals surface area contributed by atoms with E-state index in [1.807, 2.05) is 6.07 Å². The zero-order valence-electron chi connectivity index (χ0n) is 21.1. The Balaban J connectivity index is 1.29. The highest BCUT2D eigenvalue weighted by Crippen LogP contribution is 2.65. The minimum atomic E-state index is -0.575. The summed E-state index contributed by atoms with van der Waals surface area (Å²) in [4.78, 5) is 16.1. The Kier molecular flexibility index (Phi) is 5.30. The van der Waals surface area contributed by atoms with E-state index in [0.717, 1.165) is 56.2 Å². The molecule has 2 bridgehead atoms. The van der Waals surface area contributed by atoms with Crippen molar-refractivity contribution in [3.05, 3.63) is 71.3 Å². The van der Waals surface area contributed by atoms with Gasteiger partial charge in [0.05, 0.1) is 12.5 Å². The van der Waals surface area contributed by atoms with Crippen molar-refractivity contribution in [1.82, 2.24) is 4.90 Å². The first-order valence-electron chi connectivity index (χ1n) is 13.7. The summed E-state index contributed by atoms with van der Waals surface area (Å²) in [6.45, 7) is 2.76. The van der Waals surface area contributed by atoms with E-state index in [2.05, 4.69) is 47.4 Å². The van der Waals surface area contributed by atoms with Crippen LogP contribution in [0.4, 0.5) is 0 Å². The summed E-state index contributed by atoms with van der Waals surface area (Å²) in [5.41, 5.74) is 2.73. The fourth-order valence-corrected chi connectivity index (χ4v) is 7.79. The number of hydrogen-bond acceptors (Lipinski definition) is 5. The Bertz CT molecular complexity index is 1200. The van der Waals surface area contributed by atoms with Crippen molar-refractivity contribution < 1.29 is 19.0 Å². The van der Waals surface area contributed by atoms with Gasteiger partial charge in [0, 0.05) is 24.8 Å². The van der Waals surface area contributed by atoms with Crippen LogP contribution in [0.1, 0.15) is 48.8 Å². The van der Waals surface area contributed by atoms with E-state index >= 15 is 0 Å². The second kappa shape index (κ2) is 8.46. The molecule has 1 saturated heterocycles. The lowest BCUT2D eigenvalue weighted by Crippen LogP contribution is -2.76. The summed E-state index contributed by atoms with van der Waals surface area (Å²) in [6.07, 6.45) is 11.1. The number of ketones is 1. The summed E-state index contributed by atoms with van der Waals surface area (Å²) in [5, 5.41) is 0. The highest BCUT2D eigenvalue weighted by molar-refractivity contribution is 5.99. The van der Waals surface area contributed by atoms with Gasteiger partial charge < -0.3 is 14.2 Å². The zero-order chi connectivity index (χ0) is 24.3. The summed E-state index contributed by atoms with van der Waals surface area (Å²) >= 11 is 0. The van der Waals surface area contributed by atoms with E-state index in [1.54, 1.807) is 13.2 Å². The van der Waals surface area contributed by atoms with Gasteiger partial charge in [0.15, 0.2) is 23.4 Å². The van der Waals surface area contributed by atoms with Gasteiger partial charge in [0.1, 0.15) is 5.60 Å². The maximum atomic E-state index is 13.4. The first kappa shape index (κ1) is 22.6. The Hall–Kier alpha value is -2.63. The molecule has 2 heterocycles. The minimum Gasteiger partial charge on any atom is -0.493 e. The molecule has 188 valence electrons. The zero-order valence-corrected chi connectivity index (χ0v) is 21.1. The molecule has 5 aliphatic rings. The molecule has 0 amide bonds. The molecular weight excluding hydrogens is 450 g/mol. The predicted molar refractivity (Wildman–Crippen MR) is 138 cm³/mol. The molecule has 0 radical (unpaired) electrons. The molecule has 36 heavy (non-hydrogen) atoms. The van der Waals surface area contributed by atoms with Crippen LogP contribution in [0.5, 0.6) is 11.5 Å². The van der Waals surface area contributed by atoms with Crippen LogP contribution < -0.4 is 9.47 Å². The third kappa shape index (κ3) is 3.05. The monoisotopic (exact) mass is 485 g/mol. The average Bonchev–Trinajstić information content (AvgIpc) is 3.23. The summed E-state index contributed by atoms with van der Waals surface area (Å²) in [7, 11) is 1.68. The molecule has 2 aromatic carbocycles. The van der Waals surface area contributed by atoms with Gasteiger partial charge in [-0.3, -0.25) is 9.69 Å². The Labute approximate surface area is 213 Å². The molecule has 0 N–H and O–H groups in total. The lowest BCUT2D eigenvalue weighted by atomic mass is 9.50. The fourth-order valence-electron chi connectivity index (χ4n) is 7.79. The molecule has 5 heteroatoms. The normalized spacial score (nSPS) is 32.1. The van der Waals surface area contributed by atoms with Gasteiger partial charge in [-0.15, -0.1) is 0 Å². The molecule has 2 aliphatic heterocycles. The molecule has 1 saturated carbocycles. The number of nitrogens with zero attached hydrogens (tertiary/aromatic N) is 1. The molecular formula is C31H35NO4. The molecule has 3 aliphatic carbocycles. The number of rotatable bonds is 8. The third-order valence-corrected chi connectivity index (χ3v) is 9.66. The van der Waals surface area contributed by atoms with Gasteiger partial charge in [-0.25, -0.2) is 0 Å². The van der Waals surface area contributed by atoms with Gasteiger partial charge >= 0.3 is 0 Å². The largest absolute Gasteiger partial charge is 0.493 e. The second-order valence-corrected chi connectivity index (χ2v) is 11.3.